The number of nitrogens with zero attached hydrogens (tertiary/aromatic N) is 1. The number of carbonyl (C=O) groups excluding carboxylic acids is 3. The minimum atomic E-state index is -0.574. The molecule has 0 aromatic rings. The molecule has 0 unspecified atom stereocenters. The van der Waals surface area contributed by atoms with E-state index < -0.39 is 11.9 Å². The average Bonchev–Trinajstić information content (AvgIpc) is 2.60. The molecule has 0 spiro atoms. The number of imide groups is 1. The largest absolute Gasteiger partial charge is 0.460 e. The molecule has 0 bridgehead atoms. The summed E-state index contributed by atoms with van der Waals surface area (Å²) in [5.41, 5.74) is 0. The third-order valence-corrected chi connectivity index (χ3v) is 2.05. The molecular formula is C11H15NO4. The molecule has 16 heavy (non-hydrogen) atoms. The first-order valence-corrected chi connectivity index (χ1v) is 5.23. The Hall–Kier alpha value is -1.65. The summed E-state index contributed by atoms with van der Waals surface area (Å²) in [6.45, 7) is 3.87. The second-order valence-corrected chi connectivity index (χ2v) is 3.81. The van der Waals surface area contributed by atoms with Crippen LogP contribution in [0.5, 0.6) is 0 Å². The maximum absolute atomic E-state index is 11.5. The van der Waals surface area contributed by atoms with E-state index in [0.29, 0.717) is 19.4 Å². The number of rotatable bonds is 3. The highest BCUT2D eigenvalue weighted by molar-refractivity contribution is 6.04. The van der Waals surface area contributed by atoms with Crippen LogP contribution in [0.2, 0.25) is 0 Å². The summed E-state index contributed by atoms with van der Waals surface area (Å²) in [4.78, 5) is 34.9. The molecular weight excluding hydrogens is 210 g/mol. The summed E-state index contributed by atoms with van der Waals surface area (Å²) in [6, 6.07) is 0. The van der Waals surface area contributed by atoms with Crippen molar-refractivity contribution in [2.24, 2.45) is 0 Å². The van der Waals surface area contributed by atoms with Gasteiger partial charge in [-0.05, 0) is 20.3 Å². The maximum atomic E-state index is 11.5. The van der Waals surface area contributed by atoms with Crippen LogP contribution in [0.3, 0.4) is 0 Å². The highest BCUT2D eigenvalue weighted by Gasteiger charge is 2.24. The molecule has 1 rings (SSSR count). The van der Waals surface area contributed by atoms with Crippen LogP contribution in [-0.2, 0) is 19.1 Å². The van der Waals surface area contributed by atoms with Crippen LogP contribution >= 0.6 is 0 Å². The standard InChI is InChI=1S/C11H15NO4/c1-8(2)16-11(15)6-5-10(14)12-7-3-4-9(12)13/h5-6,8H,3-4,7H2,1-2H3/b6-5+. The van der Waals surface area contributed by atoms with E-state index in [1.54, 1.807) is 13.8 Å². The predicted molar refractivity (Wildman–Crippen MR) is 56.3 cm³/mol. The molecule has 2 amide bonds. The first-order valence-electron chi connectivity index (χ1n) is 5.23. The second kappa shape index (κ2) is 5.44. The van der Waals surface area contributed by atoms with Crippen molar-refractivity contribution in [2.75, 3.05) is 6.54 Å². The topological polar surface area (TPSA) is 63.7 Å². The smallest absolute Gasteiger partial charge is 0.331 e. The molecule has 0 aromatic heterocycles. The van der Waals surface area contributed by atoms with Gasteiger partial charge in [0.15, 0.2) is 0 Å². The van der Waals surface area contributed by atoms with Gasteiger partial charge in [-0.1, -0.05) is 0 Å². The van der Waals surface area contributed by atoms with Crippen LogP contribution in [0.4, 0.5) is 0 Å². The van der Waals surface area contributed by atoms with Crippen molar-refractivity contribution in [3.8, 4) is 0 Å². The van der Waals surface area contributed by atoms with Crippen molar-refractivity contribution in [2.45, 2.75) is 32.8 Å². The van der Waals surface area contributed by atoms with Crippen LogP contribution in [-0.4, -0.2) is 35.3 Å². The van der Waals surface area contributed by atoms with Gasteiger partial charge in [0.05, 0.1) is 6.10 Å². The number of amides is 2. The summed E-state index contributed by atoms with van der Waals surface area (Å²) in [7, 11) is 0. The quantitative estimate of drug-likeness (QED) is 0.522. The normalized spacial score (nSPS) is 16.2. The first-order chi connectivity index (χ1) is 7.50. The fraction of sp³-hybridized carbons (Fsp3) is 0.545. The van der Waals surface area contributed by atoms with Gasteiger partial charge >= 0.3 is 5.97 Å². The van der Waals surface area contributed by atoms with Gasteiger partial charge in [0.2, 0.25) is 5.91 Å². The van der Waals surface area contributed by atoms with Gasteiger partial charge in [-0.15, -0.1) is 0 Å². The van der Waals surface area contributed by atoms with Gasteiger partial charge in [-0.25, -0.2) is 4.79 Å². The van der Waals surface area contributed by atoms with Gasteiger partial charge in [-0.2, -0.15) is 0 Å². The van der Waals surface area contributed by atoms with E-state index >= 15 is 0 Å². The monoisotopic (exact) mass is 225 g/mol. The number of ether oxygens (including phenoxy) is 1. The molecule has 88 valence electrons. The van der Waals surface area contributed by atoms with E-state index in [1.165, 1.54) is 0 Å². The van der Waals surface area contributed by atoms with E-state index in [0.717, 1.165) is 17.1 Å². The Morgan fingerprint density at radius 3 is 2.56 bits per heavy atom. The zero-order valence-electron chi connectivity index (χ0n) is 9.43. The molecule has 0 saturated carbocycles. The van der Waals surface area contributed by atoms with E-state index in [-0.39, 0.29) is 12.0 Å². The Bertz CT molecular complexity index is 333. The number of hydrogen-bond acceptors (Lipinski definition) is 4. The van der Waals surface area contributed by atoms with Crippen molar-refractivity contribution in [3.63, 3.8) is 0 Å². The van der Waals surface area contributed by atoms with E-state index in [9.17, 15) is 14.4 Å². The molecule has 0 atom stereocenters. The fourth-order valence-electron chi connectivity index (χ4n) is 1.38. The summed E-state index contributed by atoms with van der Waals surface area (Å²) in [5.74, 6) is -1.22. The predicted octanol–water partition coefficient (Wildman–Crippen LogP) is 0.643. The molecule has 0 aromatic carbocycles. The van der Waals surface area contributed by atoms with E-state index in [1.807, 2.05) is 0 Å². The Morgan fingerprint density at radius 2 is 2.06 bits per heavy atom. The maximum Gasteiger partial charge on any atom is 0.331 e. The number of likely N-dealkylation sites (tertiary alicyclic amines) is 1. The lowest BCUT2D eigenvalue weighted by atomic mass is 10.4. The van der Waals surface area contributed by atoms with Gasteiger partial charge in [0.25, 0.3) is 5.91 Å². The van der Waals surface area contributed by atoms with Gasteiger partial charge in [-0.3, -0.25) is 14.5 Å². The Kier molecular flexibility index (Phi) is 4.22. The zero-order chi connectivity index (χ0) is 12.1. The van der Waals surface area contributed by atoms with Crippen LogP contribution in [0, 0.1) is 0 Å². The highest BCUT2D eigenvalue weighted by atomic mass is 16.5. The van der Waals surface area contributed by atoms with Crippen LogP contribution in [0.1, 0.15) is 26.7 Å². The SMILES string of the molecule is CC(C)OC(=O)/C=C/C(=O)N1CCCC1=O. The highest BCUT2D eigenvalue weighted by Crippen LogP contribution is 2.09. The molecule has 0 radical (unpaired) electrons. The Morgan fingerprint density at radius 1 is 1.38 bits per heavy atom. The lowest BCUT2D eigenvalue weighted by molar-refractivity contribution is -0.142. The molecule has 1 fully saturated rings. The van der Waals surface area contributed by atoms with Crippen molar-refractivity contribution < 1.29 is 19.1 Å². The van der Waals surface area contributed by atoms with Gasteiger partial charge in [0, 0.05) is 25.1 Å². The Balaban J connectivity index is 2.47. The van der Waals surface area contributed by atoms with E-state index in [4.69, 9.17) is 4.74 Å². The molecule has 0 N–H and O–H groups in total. The van der Waals surface area contributed by atoms with Crippen LogP contribution < -0.4 is 0 Å². The van der Waals surface area contributed by atoms with Crippen molar-refractivity contribution >= 4 is 17.8 Å². The average molecular weight is 225 g/mol. The molecule has 1 aliphatic heterocycles. The lowest BCUT2D eigenvalue weighted by Crippen LogP contribution is -2.30. The molecule has 5 nitrogen and oxygen atoms in total. The van der Waals surface area contributed by atoms with Gasteiger partial charge < -0.3 is 4.74 Å². The second-order valence-electron chi connectivity index (χ2n) is 3.81. The molecule has 1 saturated heterocycles. The van der Waals surface area contributed by atoms with Gasteiger partial charge in [0.1, 0.15) is 0 Å². The summed E-state index contributed by atoms with van der Waals surface area (Å²) >= 11 is 0. The third kappa shape index (κ3) is 3.49. The summed E-state index contributed by atoms with van der Waals surface area (Å²) in [5, 5.41) is 0. The van der Waals surface area contributed by atoms with Crippen molar-refractivity contribution in [1.82, 2.24) is 4.90 Å². The number of carbonyl (C=O) groups is 3. The fourth-order valence-corrected chi connectivity index (χ4v) is 1.38. The minimum Gasteiger partial charge on any atom is -0.460 e. The number of hydrogen-bond donors (Lipinski definition) is 0. The van der Waals surface area contributed by atoms with Crippen molar-refractivity contribution in [3.05, 3.63) is 12.2 Å². The molecule has 1 heterocycles. The van der Waals surface area contributed by atoms with Crippen molar-refractivity contribution in [1.29, 1.82) is 0 Å². The summed E-state index contributed by atoms with van der Waals surface area (Å²) in [6.07, 6.45) is 2.99. The lowest BCUT2D eigenvalue weighted by Gasteiger charge is -2.09. The molecule has 1 aliphatic rings. The molecule has 0 aliphatic carbocycles. The number of esters is 1. The van der Waals surface area contributed by atoms with Crippen LogP contribution in [0.15, 0.2) is 12.2 Å². The van der Waals surface area contributed by atoms with Crippen LogP contribution in [0.25, 0.3) is 0 Å². The first kappa shape index (κ1) is 12.4. The Labute approximate surface area is 94.1 Å². The zero-order valence-corrected chi connectivity index (χ0v) is 9.43. The minimum absolute atomic E-state index is 0.188. The third-order valence-electron chi connectivity index (χ3n) is 2.05. The summed E-state index contributed by atoms with van der Waals surface area (Å²) < 4.78 is 4.81. The van der Waals surface area contributed by atoms with E-state index in [2.05, 4.69) is 0 Å². The molecule has 5 heteroatoms.